The lowest BCUT2D eigenvalue weighted by Gasteiger charge is -2.23. The second kappa shape index (κ2) is 5.80. The summed E-state index contributed by atoms with van der Waals surface area (Å²) in [6.45, 7) is 0.390. The highest BCUT2D eigenvalue weighted by Crippen LogP contribution is 2.30. The Morgan fingerprint density at radius 1 is 0.947 bits per heavy atom. The summed E-state index contributed by atoms with van der Waals surface area (Å²) in [7, 11) is 3.48. The van der Waals surface area contributed by atoms with Crippen molar-refractivity contribution in [1.29, 1.82) is 0 Å². The summed E-state index contributed by atoms with van der Waals surface area (Å²) >= 11 is 0. The van der Waals surface area contributed by atoms with Gasteiger partial charge in [-0.05, 0) is 31.3 Å². The van der Waals surface area contributed by atoms with Gasteiger partial charge >= 0.3 is 0 Å². The van der Waals surface area contributed by atoms with Gasteiger partial charge in [0.15, 0.2) is 0 Å². The minimum absolute atomic E-state index is 0.296. The predicted molar refractivity (Wildman–Crippen MR) is 73.6 cm³/mol. The monoisotopic (exact) mass is 262 g/mol. The van der Waals surface area contributed by atoms with Crippen LogP contribution in [-0.2, 0) is 6.54 Å². The molecule has 4 heteroatoms. The van der Waals surface area contributed by atoms with Gasteiger partial charge in [0.25, 0.3) is 0 Å². The number of benzene rings is 2. The Hall–Kier alpha value is -1.94. The molecular weight excluding hydrogens is 246 g/mol. The van der Waals surface area contributed by atoms with Crippen LogP contribution in [0, 0.1) is 11.6 Å². The highest BCUT2D eigenvalue weighted by molar-refractivity contribution is 5.66. The number of hydrogen-bond acceptors (Lipinski definition) is 2. The normalized spacial score (nSPS) is 10.5. The van der Waals surface area contributed by atoms with Crippen molar-refractivity contribution in [3.8, 4) is 0 Å². The van der Waals surface area contributed by atoms with E-state index in [1.165, 1.54) is 12.1 Å². The molecule has 0 unspecified atom stereocenters. The number of para-hydroxylation sites is 1. The second-order valence-corrected chi connectivity index (χ2v) is 4.28. The van der Waals surface area contributed by atoms with Crippen LogP contribution in [0.2, 0.25) is 0 Å². The van der Waals surface area contributed by atoms with Gasteiger partial charge in [0.05, 0.1) is 5.69 Å². The summed E-state index contributed by atoms with van der Waals surface area (Å²) in [5.41, 5.74) is 1.60. The number of halogens is 2. The molecule has 0 heterocycles. The summed E-state index contributed by atoms with van der Waals surface area (Å²) in [6.07, 6.45) is 0. The van der Waals surface area contributed by atoms with Crippen molar-refractivity contribution in [2.45, 2.75) is 6.54 Å². The zero-order chi connectivity index (χ0) is 13.8. The fourth-order valence-electron chi connectivity index (χ4n) is 2.07. The fourth-order valence-corrected chi connectivity index (χ4v) is 2.07. The molecule has 2 aromatic rings. The molecule has 2 aromatic carbocycles. The molecule has 1 N–H and O–H groups in total. The molecule has 0 bridgehead atoms. The molecule has 0 aliphatic heterocycles. The van der Waals surface area contributed by atoms with Crippen molar-refractivity contribution < 1.29 is 8.78 Å². The summed E-state index contributed by atoms with van der Waals surface area (Å²) < 4.78 is 27.6. The zero-order valence-corrected chi connectivity index (χ0v) is 11.0. The molecule has 0 saturated carbocycles. The van der Waals surface area contributed by atoms with E-state index in [1.807, 2.05) is 0 Å². The SMILES string of the molecule is CNCc1c(F)cccc1N(C)c1ccccc1F. The van der Waals surface area contributed by atoms with Crippen molar-refractivity contribution >= 4 is 11.4 Å². The van der Waals surface area contributed by atoms with Crippen molar-refractivity contribution in [3.63, 3.8) is 0 Å². The number of hydrogen-bond donors (Lipinski definition) is 1. The Balaban J connectivity index is 2.47. The van der Waals surface area contributed by atoms with Gasteiger partial charge in [-0.25, -0.2) is 8.78 Å². The molecule has 0 fully saturated rings. The smallest absolute Gasteiger partial charge is 0.146 e. The maximum atomic E-state index is 13.9. The van der Waals surface area contributed by atoms with Gasteiger partial charge in [0, 0.05) is 24.8 Å². The number of anilines is 2. The van der Waals surface area contributed by atoms with Gasteiger partial charge in [-0.15, -0.1) is 0 Å². The van der Waals surface area contributed by atoms with Crippen molar-refractivity contribution in [3.05, 3.63) is 59.7 Å². The summed E-state index contributed by atoms with van der Waals surface area (Å²) in [5.74, 6) is -0.625. The van der Waals surface area contributed by atoms with E-state index in [1.54, 1.807) is 49.3 Å². The van der Waals surface area contributed by atoms with Crippen LogP contribution in [0.25, 0.3) is 0 Å². The third-order valence-corrected chi connectivity index (χ3v) is 3.02. The van der Waals surface area contributed by atoms with E-state index in [-0.39, 0.29) is 11.6 Å². The van der Waals surface area contributed by atoms with E-state index in [9.17, 15) is 8.78 Å². The molecule has 0 spiro atoms. The van der Waals surface area contributed by atoms with E-state index >= 15 is 0 Å². The van der Waals surface area contributed by atoms with E-state index in [0.717, 1.165) is 0 Å². The molecule has 2 rings (SSSR count). The number of rotatable bonds is 4. The van der Waals surface area contributed by atoms with Crippen molar-refractivity contribution in [2.75, 3.05) is 19.0 Å². The zero-order valence-electron chi connectivity index (χ0n) is 11.0. The lowest BCUT2D eigenvalue weighted by atomic mass is 10.1. The molecule has 0 saturated heterocycles. The number of nitrogens with zero attached hydrogens (tertiary/aromatic N) is 1. The van der Waals surface area contributed by atoms with E-state index < -0.39 is 0 Å². The maximum absolute atomic E-state index is 13.9. The minimum Gasteiger partial charge on any atom is -0.342 e. The second-order valence-electron chi connectivity index (χ2n) is 4.28. The van der Waals surface area contributed by atoms with Crippen LogP contribution < -0.4 is 10.2 Å². The minimum atomic E-state index is -0.329. The van der Waals surface area contributed by atoms with Crippen molar-refractivity contribution in [2.24, 2.45) is 0 Å². The van der Waals surface area contributed by atoms with Crippen LogP contribution in [0.5, 0.6) is 0 Å². The van der Waals surface area contributed by atoms with E-state index in [2.05, 4.69) is 5.32 Å². The molecule has 100 valence electrons. The molecule has 0 aromatic heterocycles. The molecule has 0 radical (unpaired) electrons. The van der Waals surface area contributed by atoms with Crippen molar-refractivity contribution in [1.82, 2.24) is 5.32 Å². The van der Waals surface area contributed by atoms with E-state index in [0.29, 0.717) is 23.5 Å². The first kappa shape index (κ1) is 13.5. The quantitative estimate of drug-likeness (QED) is 0.907. The topological polar surface area (TPSA) is 15.3 Å². The largest absolute Gasteiger partial charge is 0.342 e. The first-order chi connectivity index (χ1) is 9.15. The Bertz CT molecular complexity index is 570. The molecule has 2 nitrogen and oxygen atoms in total. The Morgan fingerprint density at radius 2 is 1.58 bits per heavy atom. The number of nitrogens with one attached hydrogen (secondary N) is 1. The summed E-state index contributed by atoms with van der Waals surface area (Å²) in [5, 5.41) is 2.93. The third-order valence-electron chi connectivity index (χ3n) is 3.02. The maximum Gasteiger partial charge on any atom is 0.146 e. The predicted octanol–water partition coefficient (Wildman–Crippen LogP) is 3.45. The van der Waals surface area contributed by atoms with Crippen LogP contribution in [0.4, 0.5) is 20.2 Å². The highest BCUT2D eigenvalue weighted by atomic mass is 19.1. The molecular formula is C15H16F2N2. The average Bonchev–Trinajstić information content (AvgIpc) is 2.41. The average molecular weight is 262 g/mol. The van der Waals surface area contributed by atoms with E-state index in [4.69, 9.17) is 0 Å². The molecule has 0 aliphatic carbocycles. The van der Waals surface area contributed by atoms with Gasteiger partial charge in [0.2, 0.25) is 0 Å². The van der Waals surface area contributed by atoms with Crippen LogP contribution in [0.1, 0.15) is 5.56 Å². The van der Waals surface area contributed by atoms with Gasteiger partial charge in [-0.3, -0.25) is 0 Å². The molecule has 0 aliphatic rings. The van der Waals surface area contributed by atoms with Gasteiger partial charge in [0.1, 0.15) is 11.6 Å². The van der Waals surface area contributed by atoms with Crippen LogP contribution in [0.15, 0.2) is 42.5 Å². The Labute approximate surface area is 111 Å². The lowest BCUT2D eigenvalue weighted by molar-refractivity contribution is 0.600. The first-order valence-corrected chi connectivity index (χ1v) is 6.05. The third kappa shape index (κ3) is 2.74. The van der Waals surface area contributed by atoms with Crippen LogP contribution in [0.3, 0.4) is 0 Å². The summed E-state index contributed by atoms with van der Waals surface area (Å²) in [4.78, 5) is 1.66. The van der Waals surface area contributed by atoms with Gasteiger partial charge in [-0.2, -0.15) is 0 Å². The lowest BCUT2D eigenvalue weighted by Crippen LogP contribution is -2.17. The van der Waals surface area contributed by atoms with Crippen LogP contribution >= 0.6 is 0 Å². The Kier molecular flexibility index (Phi) is 4.12. The Morgan fingerprint density at radius 3 is 2.26 bits per heavy atom. The molecule has 0 amide bonds. The molecule has 19 heavy (non-hydrogen) atoms. The first-order valence-electron chi connectivity index (χ1n) is 6.05. The standard InChI is InChI=1S/C15H16F2N2/c1-18-10-11-12(16)7-5-9-14(11)19(2)15-8-4-3-6-13(15)17/h3-9,18H,10H2,1-2H3. The highest BCUT2D eigenvalue weighted by Gasteiger charge is 2.14. The fraction of sp³-hybridized carbons (Fsp3) is 0.200. The molecule has 0 atom stereocenters. The van der Waals surface area contributed by atoms with Gasteiger partial charge in [-0.1, -0.05) is 18.2 Å². The van der Waals surface area contributed by atoms with Crippen LogP contribution in [-0.4, -0.2) is 14.1 Å². The summed E-state index contributed by atoms with van der Waals surface area (Å²) in [6, 6.07) is 11.3. The van der Waals surface area contributed by atoms with Gasteiger partial charge < -0.3 is 10.2 Å².